The Kier molecular flexibility index (Phi) is 5.44. The molecule has 1 amide bonds. The van der Waals surface area contributed by atoms with Gasteiger partial charge in [0.25, 0.3) is 0 Å². The van der Waals surface area contributed by atoms with Crippen LogP contribution in [-0.4, -0.2) is 35.4 Å². The number of benzene rings is 2. The highest BCUT2D eigenvalue weighted by molar-refractivity contribution is 5.94. The maximum Gasteiger partial charge on any atom is 0.433 e. The topological polar surface area (TPSA) is 36.4 Å². The van der Waals surface area contributed by atoms with Crippen LogP contribution in [0.5, 0.6) is 0 Å². The molecular weight excluding hydrogens is 427 g/mol. The highest BCUT2D eigenvalue weighted by Gasteiger charge is 2.50. The number of piperidine rings is 1. The maximum absolute atomic E-state index is 13.0. The van der Waals surface area contributed by atoms with E-state index in [1.165, 1.54) is 17.2 Å². The van der Waals surface area contributed by atoms with Gasteiger partial charge in [-0.3, -0.25) is 9.69 Å². The Labute approximate surface area is 190 Å². The third-order valence-electron chi connectivity index (χ3n) is 6.72. The summed E-state index contributed by atoms with van der Waals surface area (Å²) >= 11 is 0. The molecule has 2 saturated heterocycles. The van der Waals surface area contributed by atoms with Crippen molar-refractivity contribution in [2.75, 3.05) is 24.5 Å². The fourth-order valence-electron chi connectivity index (χ4n) is 5.12. The molecule has 2 aliphatic heterocycles. The molecule has 0 bridgehead atoms. The molecule has 3 aromatic rings. The molecule has 1 spiro atoms. The lowest BCUT2D eigenvalue weighted by Crippen LogP contribution is -2.62. The zero-order chi connectivity index (χ0) is 23.1. The lowest BCUT2D eigenvalue weighted by atomic mass is 9.70. The highest BCUT2D eigenvalue weighted by Crippen LogP contribution is 2.46. The number of amides is 1. The summed E-state index contributed by atoms with van der Waals surface area (Å²) in [6.07, 6.45) is -2.14. The van der Waals surface area contributed by atoms with Crippen LogP contribution < -0.4 is 4.90 Å². The Morgan fingerprint density at radius 3 is 1.97 bits per heavy atom. The first-order valence-electron chi connectivity index (χ1n) is 11.0. The summed E-state index contributed by atoms with van der Waals surface area (Å²) in [6.45, 7) is 2.11. The summed E-state index contributed by atoms with van der Waals surface area (Å²) in [5, 5.41) is 0. The van der Waals surface area contributed by atoms with E-state index in [0.717, 1.165) is 31.8 Å². The Hall–Kier alpha value is -3.19. The number of pyridine rings is 1. The van der Waals surface area contributed by atoms with Gasteiger partial charge in [-0.05, 0) is 29.7 Å². The van der Waals surface area contributed by atoms with Gasteiger partial charge >= 0.3 is 6.18 Å². The van der Waals surface area contributed by atoms with Crippen molar-refractivity contribution in [3.63, 3.8) is 0 Å². The highest BCUT2D eigenvalue weighted by atomic mass is 19.4. The predicted octanol–water partition coefficient (Wildman–Crippen LogP) is 5.32. The Balaban J connectivity index is 1.29. The number of rotatable bonds is 4. The lowest BCUT2D eigenvalue weighted by Gasteiger charge is -2.56. The molecule has 0 radical (unpaired) electrons. The molecule has 1 aromatic heterocycles. The fourth-order valence-corrected chi connectivity index (χ4v) is 5.12. The van der Waals surface area contributed by atoms with Crippen molar-refractivity contribution in [2.24, 2.45) is 5.41 Å². The van der Waals surface area contributed by atoms with Crippen molar-refractivity contribution >= 4 is 11.6 Å². The minimum atomic E-state index is -4.49. The summed E-state index contributed by atoms with van der Waals surface area (Å²) in [7, 11) is 0. The first kappa shape index (κ1) is 21.6. The number of carbonyl (C=O) groups excluding carboxylic acids is 1. The van der Waals surface area contributed by atoms with Crippen molar-refractivity contribution in [3.8, 4) is 0 Å². The van der Waals surface area contributed by atoms with Crippen LogP contribution in [0, 0.1) is 5.41 Å². The van der Waals surface area contributed by atoms with Crippen molar-refractivity contribution in [1.82, 2.24) is 9.88 Å². The van der Waals surface area contributed by atoms with Gasteiger partial charge in [0.1, 0.15) is 5.69 Å². The quantitative estimate of drug-likeness (QED) is 0.539. The molecule has 170 valence electrons. The van der Waals surface area contributed by atoms with Crippen molar-refractivity contribution in [2.45, 2.75) is 25.1 Å². The molecule has 0 unspecified atom stereocenters. The number of likely N-dealkylation sites (tertiary alicyclic amines) is 1. The zero-order valence-corrected chi connectivity index (χ0v) is 18.0. The van der Waals surface area contributed by atoms with Crippen LogP contribution >= 0.6 is 0 Å². The number of nitrogens with zero attached hydrogens (tertiary/aromatic N) is 3. The van der Waals surface area contributed by atoms with Crippen molar-refractivity contribution in [1.29, 1.82) is 0 Å². The van der Waals surface area contributed by atoms with Crippen LogP contribution in [0.2, 0.25) is 0 Å². The van der Waals surface area contributed by atoms with Gasteiger partial charge in [0.05, 0.1) is 17.9 Å². The first-order chi connectivity index (χ1) is 15.8. The van der Waals surface area contributed by atoms with Gasteiger partial charge in [-0.1, -0.05) is 60.7 Å². The number of hydrogen-bond donors (Lipinski definition) is 0. The van der Waals surface area contributed by atoms with Crippen LogP contribution in [0.15, 0.2) is 79.0 Å². The van der Waals surface area contributed by atoms with E-state index in [9.17, 15) is 18.0 Å². The number of halogens is 3. The smallest absolute Gasteiger partial charge is 0.311 e. The predicted molar refractivity (Wildman–Crippen MR) is 120 cm³/mol. The number of alkyl halides is 3. The molecule has 2 fully saturated rings. The van der Waals surface area contributed by atoms with Gasteiger partial charge in [-0.25, -0.2) is 4.98 Å². The van der Waals surface area contributed by atoms with Crippen LogP contribution in [0.1, 0.15) is 35.7 Å². The number of aromatic nitrogens is 1. The Morgan fingerprint density at radius 1 is 0.879 bits per heavy atom. The van der Waals surface area contributed by atoms with E-state index in [4.69, 9.17) is 0 Å². The number of hydrogen-bond acceptors (Lipinski definition) is 3. The van der Waals surface area contributed by atoms with E-state index in [2.05, 4.69) is 34.1 Å². The molecule has 0 aliphatic carbocycles. The number of carbonyl (C=O) groups is 1. The van der Waals surface area contributed by atoms with Gasteiger partial charge < -0.3 is 4.90 Å². The molecule has 3 heterocycles. The van der Waals surface area contributed by atoms with Gasteiger partial charge in [0.2, 0.25) is 5.91 Å². The van der Waals surface area contributed by atoms with Crippen LogP contribution in [-0.2, 0) is 11.0 Å². The SMILES string of the molecule is O=C1CC2(CCN1c1ccc(C(F)(F)F)nc1)CN(C(c1ccccc1)c1ccccc1)C2. The summed E-state index contributed by atoms with van der Waals surface area (Å²) in [5.41, 5.74) is 1.82. The van der Waals surface area contributed by atoms with E-state index < -0.39 is 11.9 Å². The van der Waals surface area contributed by atoms with Gasteiger partial charge in [0.15, 0.2) is 0 Å². The van der Waals surface area contributed by atoms with E-state index >= 15 is 0 Å². The van der Waals surface area contributed by atoms with Crippen molar-refractivity contribution in [3.05, 3.63) is 95.8 Å². The van der Waals surface area contributed by atoms with E-state index in [1.807, 2.05) is 36.4 Å². The number of anilines is 1. The summed E-state index contributed by atoms with van der Waals surface area (Å²) in [6, 6.07) is 23.1. The van der Waals surface area contributed by atoms with E-state index in [1.54, 1.807) is 4.90 Å². The lowest BCUT2D eigenvalue weighted by molar-refractivity contribution is -0.141. The molecule has 2 aromatic carbocycles. The zero-order valence-electron chi connectivity index (χ0n) is 18.0. The first-order valence-corrected chi connectivity index (χ1v) is 11.0. The molecule has 33 heavy (non-hydrogen) atoms. The Morgan fingerprint density at radius 2 is 1.48 bits per heavy atom. The second-order valence-corrected chi connectivity index (χ2v) is 9.00. The second-order valence-electron chi connectivity index (χ2n) is 9.00. The van der Waals surface area contributed by atoms with Crippen LogP contribution in [0.4, 0.5) is 18.9 Å². The summed E-state index contributed by atoms with van der Waals surface area (Å²) in [4.78, 5) is 20.4. The van der Waals surface area contributed by atoms with Crippen LogP contribution in [0.25, 0.3) is 0 Å². The van der Waals surface area contributed by atoms with Gasteiger partial charge in [-0.15, -0.1) is 0 Å². The second kappa shape index (κ2) is 8.30. The molecule has 7 heteroatoms. The molecule has 5 rings (SSSR count). The minimum Gasteiger partial charge on any atom is -0.311 e. The fraction of sp³-hybridized carbons (Fsp3) is 0.308. The summed E-state index contributed by atoms with van der Waals surface area (Å²) in [5.74, 6) is -0.0570. The third-order valence-corrected chi connectivity index (χ3v) is 6.72. The summed E-state index contributed by atoms with van der Waals surface area (Å²) < 4.78 is 38.4. The molecule has 0 saturated carbocycles. The van der Waals surface area contributed by atoms with Crippen LogP contribution in [0.3, 0.4) is 0 Å². The Bertz CT molecular complexity index is 1070. The average Bonchev–Trinajstić information content (AvgIpc) is 2.79. The molecule has 0 atom stereocenters. The van der Waals surface area contributed by atoms with Crippen molar-refractivity contribution < 1.29 is 18.0 Å². The van der Waals surface area contributed by atoms with Gasteiger partial charge in [-0.2, -0.15) is 13.2 Å². The molecule has 4 nitrogen and oxygen atoms in total. The molecule has 2 aliphatic rings. The normalized spacial score (nSPS) is 18.5. The standard InChI is InChI=1S/C26H24F3N3O/c27-26(28,29)22-12-11-21(16-30-22)32-14-13-25(15-23(32)33)17-31(18-25)24(19-7-3-1-4-8-19)20-9-5-2-6-10-20/h1-12,16,24H,13-15,17-18H2. The van der Waals surface area contributed by atoms with E-state index in [0.29, 0.717) is 18.7 Å². The molecule has 0 N–H and O–H groups in total. The monoisotopic (exact) mass is 451 g/mol. The third kappa shape index (κ3) is 4.25. The maximum atomic E-state index is 13.0. The van der Waals surface area contributed by atoms with E-state index in [-0.39, 0.29) is 17.4 Å². The minimum absolute atomic E-state index is 0.0570. The molecular formula is C26H24F3N3O. The average molecular weight is 451 g/mol. The van der Waals surface area contributed by atoms with Gasteiger partial charge in [0, 0.05) is 31.5 Å². The largest absolute Gasteiger partial charge is 0.433 e.